The molecule has 0 saturated carbocycles. The van der Waals surface area contributed by atoms with E-state index in [9.17, 15) is 13.6 Å². The van der Waals surface area contributed by atoms with Crippen molar-refractivity contribution in [3.05, 3.63) is 60.0 Å². The summed E-state index contributed by atoms with van der Waals surface area (Å²) in [4.78, 5) is 16.7. The minimum atomic E-state index is -2.98. The number of nitrogens with zero attached hydrogens (tertiary/aromatic N) is 2. The number of hydrogen-bond acceptors (Lipinski definition) is 7. The van der Waals surface area contributed by atoms with Crippen LogP contribution < -0.4 is 9.47 Å². The maximum atomic E-state index is 12.5. The van der Waals surface area contributed by atoms with Gasteiger partial charge in [0.2, 0.25) is 5.82 Å². The van der Waals surface area contributed by atoms with Crippen molar-refractivity contribution in [3.8, 4) is 22.9 Å². The summed E-state index contributed by atoms with van der Waals surface area (Å²) in [6, 6.07) is 13.5. The fourth-order valence-corrected chi connectivity index (χ4v) is 2.71. The molecule has 7 nitrogen and oxygen atoms in total. The van der Waals surface area contributed by atoms with E-state index in [-0.39, 0.29) is 29.8 Å². The third-order valence-electron chi connectivity index (χ3n) is 4.44. The van der Waals surface area contributed by atoms with Crippen molar-refractivity contribution in [2.75, 3.05) is 7.11 Å². The molecule has 1 heterocycles. The summed E-state index contributed by atoms with van der Waals surface area (Å²) < 4.78 is 44.8. The number of halogens is 2. The Kier molecular flexibility index (Phi) is 6.29. The lowest BCUT2D eigenvalue weighted by Gasteiger charge is -2.22. The summed E-state index contributed by atoms with van der Waals surface area (Å²) in [6.07, 6.45) is 0. The Hall–Kier alpha value is -3.49. The van der Waals surface area contributed by atoms with E-state index in [0.717, 1.165) is 5.56 Å². The molecule has 3 rings (SSSR count). The summed E-state index contributed by atoms with van der Waals surface area (Å²) in [5.41, 5.74) is 0.427. The molecule has 0 fully saturated rings. The Morgan fingerprint density at radius 2 is 1.87 bits per heavy atom. The molecule has 0 aliphatic rings. The van der Waals surface area contributed by atoms with E-state index in [4.69, 9.17) is 14.0 Å². The van der Waals surface area contributed by atoms with Crippen LogP contribution in [0.25, 0.3) is 11.4 Å². The maximum absolute atomic E-state index is 12.5. The largest absolute Gasteiger partial charge is 0.493 e. The van der Waals surface area contributed by atoms with E-state index in [1.54, 1.807) is 13.8 Å². The molecule has 30 heavy (non-hydrogen) atoms. The summed E-state index contributed by atoms with van der Waals surface area (Å²) in [7, 11) is 1.33. The molecule has 1 aromatic heterocycles. The van der Waals surface area contributed by atoms with Crippen molar-refractivity contribution in [3.63, 3.8) is 0 Å². The summed E-state index contributed by atoms with van der Waals surface area (Å²) >= 11 is 0. The van der Waals surface area contributed by atoms with Crippen LogP contribution in [0.1, 0.15) is 25.3 Å². The highest BCUT2D eigenvalue weighted by Crippen LogP contribution is 2.32. The van der Waals surface area contributed by atoms with Gasteiger partial charge in [0, 0.05) is 5.56 Å². The van der Waals surface area contributed by atoms with Crippen molar-refractivity contribution < 1.29 is 32.3 Å². The number of rotatable bonds is 8. The second kappa shape index (κ2) is 8.89. The Balaban J connectivity index is 1.69. The molecule has 0 spiro atoms. The van der Waals surface area contributed by atoms with Crippen molar-refractivity contribution in [2.24, 2.45) is 0 Å². The highest BCUT2D eigenvalue weighted by molar-refractivity contribution is 5.82. The number of aromatic nitrogens is 2. The molecule has 2 aromatic carbocycles. The lowest BCUT2D eigenvalue weighted by atomic mass is 9.85. The summed E-state index contributed by atoms with van der Waals surface area (Å²) in [6.45, 7) is 0.348. The first-order valence-electron chi connectivity index (χ1n) is 9.00. The van der Waals surface area contributed by atoms with Gasteiger partial charge in [-0.2, -0.15) is 13.8 Å². The topological polar surface area (TPSA) is 83.7 Å². The number of benzene rings is 2. The third kappa shape index (κ3) is 4.73. The van der Waals surface area contributed by atoms with Crippen LogP contribution in [0.2, 0.25) is 0 Å². The maximum Gasteiger partial charge on any atom is 0.387 e. The third-order valence-corrected chi connectivity index (χ3v) is 4.44. The van der Waals surface area contributed by atoms with Crippen LogP contribution in [-0.4, -0.2) is 29.8 Å². The summed E-state index contributed by atoms with van der Waals surface area (Å²) in [5, 5.41) is 3.83. The zero-order valence-electron chi connectivity index (χ0n) is 16.6. The molecule has 0 bridgehead atoms. The molecule has 0 atom stereocenters. The molecule has 9 heteroatoms. The number of carbonyl (C=O) groups excluding carboxylic acids is 1. The van der Waals surface area contributed by atoms with Gasteiger partial charge in [-0.15, -0.1) is 0 Å². The average Bonchev–Trinajstić information content (AvgIpc) is 3.21. The number of esters is 1. The van der Waals surface area contributed by atoms with Crippen LogP contribution in [0.3, 0.4) is 0 Å². The van der Waals surface area contributed by atoms with E-state index >= 15 is 0 Å². The van der Waals surface area contributed by atoms with Gasteiger partial charge in [0.05, 0.1) is 12.5 Å². The Labute approximate surface area is 171 Å². The highest BCUT2D eigenvalue weighted by Gasteiger charge is 2.31. The monoisotopic (exact) mass is 418 g/mol. The van der Waals surface area contributed by atoms with Gasteiger partial charge >= 0.3 is 12.6 Å². The Morgan fingerprint density at radius 3 is 2.53 bits per heavy atom. The number of hydrogen-bond donors (Lipinski definition) is 0. The van der Waals surface area contributed by atoms with Gasteiger partial charge in [0.25, 0.3) is 5.89 Å². The SMILES string of the molecule is COc1cc(-c2noc(COC(=O)C(C)(C)c3ccccc3)n2)ccc1OC(F)F. The van der Waals surface area contributed by atoms with Gasteiger partial charge in [-0.3, -0.25) is 4.79 Å². The molecule has 0 saturated heterocycles. The molecule has 0 N–H and O–H groups in total. The second-order valence-corrected chi connectivity index (χ2v) is 6.82. The van der Waals surface area contributed by atoms with Crippen molar-refractivity contribution >= 4 is 5.97 Å². The quantitative estimate of drug-likeness (QED) is 0.502. The van der Waals surface area contributed by atoms with Gasteiger partial charge in [0.15, 0.2) is 18.1 Å². The number of ether oxygens (including phenoxy) is 3. The van der Waals surface area contributed by atoms with Crippen molar-refractivity contribution in [1.29, 1.82) is 0 Å². The minimum Gasteiger partial charge on any atom is -0.493 e. The van der Waals surface area contributed by atoms with Crippen LogP contribution >= 0.6 is 0 Å². The molecule has 0 aliphatic carbocycles. The lowest BCUT2D eigenvalue weighted by molar-refractivity contribution is -0.151. The Morgan fingerprint density at radius 1 is 1.13 bits per heavy atom. The first-order valence-corrected chi connectivity index (χ1v) is 9.00. The van der Waals surface area contributed by atoms with E-state index in [1.165, 1.54) is 25.3 Å². The first kappa shape index (κ1) is 21.2. The predicted molar refractivity (Wildman–Crippen MR) is 102 cm³/mol. The predicted octanol–water partition coefficient (Wildman–Crippen LogP) is 4.37. The van der Waals surface area contributed by atoms with Crippen molar-refractivity contribution in [1.82, 2.24) is 10.1 Å². The lowest BCUT2D eigenvalue weighted by Crippen LogP contribution is -2.30. The Bertz CT molecular complexity index is 1010. The molecular formula is C21H20F2N2O5. The number of alkyl halides is 2. The normalized spacial score (nSPS) is 11.4. The van der Waals surface area contributed by atoms with Gasteiger partial charge < -0.3 is 18.7 Å². The van der Waals surface area contributed by atoms with Crippen LogP contribution in [0.4, 0.5) is 8.78 Å². The van der Waals surface area contributed by atoms with E-state index in [0.29, 0.717) is 5.56 Å². The fourth-order valence-electron chi connectivity index (χ4n) is 2.71. The molecule has 3 aromatic rings. The molecule has 0 radical (unpaired) electrons. The van der Waals surface area contributed by atoms with Crippen LogP contribution in [0, 0.1) is 0 Å². The van der Waals surface area contributed by atoms with E-state index in [2.05, 4.69) is 14.9 Å². The van der Waals surface area contributed by atoms with Gasteiger partial charge in [-0.25, -0.2) is 0 Å². The molecular weight excluding hydrogens is 398 g/mol. The van der Waals surface area contributed by atoms with Crippen molar-refractivity contribution in [2.45, 2.75) is 32.5 Å². The highest BCUT2D eigenvalue weighted by atomic mass is 19.3. The molecule has 158 valence electrons. The van der Waals surface area contributed by atoms with Gasteiger partial charge in [-0.05, 0) is 37.6 Å². The molecule has 0 amide bonds. The zero-order chi connectivity index (χ0) is 21.7. The molecule has 0 aliphatic heterocycles. The van der Waals surface area contributed by atoms with Crippen LogP contribution in [-0.2, 0) is 21.6 Å². The smallest absolute Gasteiger partial charge is 0.387 e. The summed E-state index contributed by atoms with van der Waals surface area (Å²) in [5.74, 6) is -0.185. The van der Waals surface area contributed by atoms with Gasteiger partial charge in [-0.1, -0.05) is 35.5 Å². The molecule has 0 unspecified atom stereocenters. The zero-order valence-corrected chi connectivity index (χ0v) is 16.6. The number of carbonyl (C=O) groups is 1. The fraction of sp³-hybridized carbons (Fsp3) is 0.286. The average molecular weight is 418 g/mol. The standard InChI is InChI=1S/C21H20F2N2O5/c1-21(2,14-7-5-4-6-8-14)19(26)28-12-17-24-18(25-30-17)13-9-10-15(29-20(22)23)16(11-13)27-3/h4-11,20H,12H2,1-3H3. The van der Waals surface area contributed by atoms with E-state index in [1.807, 2.05) is 30.3 Å². The van der Waals surface area contributed by atoms with Gasteiger partial charge in [0.1, 0.15) is 0 Å². The van der Waals surface area contributed by atoms with Crippen LogP contribution in [0.15, 0.2) is 53.1 Å². The first-order chi connectivity index (χ1) is 14.3. The second-order valence-electron chi connectivity index (χ2n) is 6.82. The minimum absolute atomic E-state index is 0.0917. The van der Waals surface area contributed by atoms with Crippen LogP contribution in [0.5, 0.6) is 11.5 Å². The van der Waals surface area contributed by atoms with E-state index < -0.39 is 18.0 Å². The number of methoxy groups -OCH3 is 1.